The predicted octanol–water partition coefficient (Wildman–Crippen LogP) is 3.49. The van der Waals surface area contributed by atoms with Gasteiger partial charge in [0.1, 0.15) is 0 Å². The van der Waals surface area contributed by atoms with Crippen molar-refractivity contribution in [3.8, 4) is 0 Å². The molecule has 5 rings (SSSR count). The highest BCUT2D eigenvalue weighted by atomic mass is 79.9. The minimum absolute atomic E-state index is 0.0428. The standard InChI is InChI=1S/C29H32BrN3O5/c1-19(5-2-9-26(35)31-13-4-8-23(31)18-34)29(38)24-16-21(30)10-11-25(24)33(28(29)37)17-20-6-3-7-22(15-20)32-14-12-27(32)36/h2-3,5-7,10-11,15-16,19,23,34,38H,4,8-9,12-14,17-18H2,1H3/b5-2+/t19-,23-,29+/m0/s1. The van der Waals surface area contributed by atoms with Crippen LogP contribution in [0.2, 0.25) is 0 Å². The molecule has 2 aromatic rings. The van der Waals surface area contributed by atoms with E-state index in [4.69, 9.17) is 0 Å². The molecule has 0 saturated carbocycles. The maximum Gasteiger partial charge on any atom is 0.264 e. The van der Waals surface area contributed by atoms with E-state index in [0.717, 1.165) is 28.6 Å². The van der Waals surface area contributed by atoms with Gasteiger partial charge in [0.05, 0.1) is 24.9 Å². The van der Waals surface area contributed by atoms with Crippen molar-refractivity contribution in [2.45, 2.75) is 50.8 Å². The number of fused-ring (bicyclic) bond motifs is 1. The van der Waals surface area contributed by atoms with Gasteiger partial charge in [0, 0.05) is 47.6 Å². The molecule has 3 heterocycles. The number of halogens is 1. The average molecular weight is 582 g/mol. The summed E-state index contributed by atoms with van der Waals surface area (Å²) in [6.45, 7) is 3.30. The smallest absolute Gasteiger partial charge is 0.264 e. The van der Waals surface area contributed by atoms with E-state index in [-0.39, 0.29) is 37.4 Å². The van der Waals surface area contributed by atoms with Crippen molar-refractivity contribution in [2.24, 2.45) is 5.92 Å². The maximum absolute atomic E-state index is 13.8. The number of β-lactam (4-membered cyclic amide) rings is 1. The van der Waals surface area contributed by atoms with Crippen LogP contribution in [0.15, 0.2) is 59.1 Å². The van der Waals surface area contributed by atoms with E-state index < -0.39 is 17.4 Å². The first kappa shape index (κ1) is 26.6. The molecule has 3 aliphatic rings. The number of carbonyl (C=O) groups excluding carboxylic acids is 3. The molecule has 2 N–H and O–H groups in total. The van der Waals surface area contributed by atoms with Gasteiger partial charge in [-0.25, -0.2) is 0 Å². The molecule has 0 aliphatic carbocycles. The number of aliphatic hydroxyl groups is 2. The number of likely N-dealkylation sites (tertiary alicyclic amines) is 1. The second-order valence-corrected chi connectivity index (χ2v) is 11.2. The first-order valence-electron chi connectivity index (χ1n) is 13.0. The topological polar surface area (TPSA) is 101 Å². The molecule has 8 nitrogen and oxygen atoms in total. The van der Waals surface area contributed by atoms with Crippen LogP contribution in [0, 0.1) is 5.92 Å². The lowest BCUT2D eigenvalue weighted by molar-refractivity contribution is -0.139. The summed E-state index contributed by atoms with van der Waals surface area (Å²) in [6.07, 6.45) is 5.80. The molecular formula is C29H32BrN3O5. The van der Waals surface area contributed by atoms with Gasteiger partial charge in [0.2, 0.25) is 11.8 Å². The Labute approximate surface area is 230 Å². The van der Waals surface area contributed by atoms with E-state index in [9.17, 15) is 24.6 Å². The van der Waals surface area contributed by atoms with Crippen LogP contribution in [0.5, 0.6) is 0 Å². The van der Waals surface area contributed by atoms with Crippen molar-refractivity contribution in [1.82, 2.24) is 4.90 Å². The molecule has 200 valence electrons. The molecule has 3 atom stereocenters. The number of anilines is 2. The molecule has 0 radical (unpaired) electrons. The van der Waals surface area contributed by atoms with Gasteiger partial charge in [-0.15, -0.1) is 0 Å². The number of amides is 3. The minimum Gasteiger partial charge on any atom is -0.394 e. The Morgan fingerprint density at radius 3 is 2.74 bits per heavy atom. The molecule has 2 aromatic carbocycles. The van der Waals surface area contributed by atoms with Crippen LogP contribution in [0.25, 0.3) is 0 Å². The second kappa shape index (κ2) is 10.6. The molecule has 3 amide bonds. The number of carbonyl (C=O) groups is 3. The normalized spacial score (nSPS) is 23.8. The van der Waals surface area contributed by atoms with Crippen LogP contribution in [0.3, 0.4) is 0 Å². The van der Waals surface area contributed by atoms with Crippen molar-refractivity contribution in [3.63, 3.8) is 0 Å². The third-order valence-electron chi connectivity index (χ3n) is 7.93. The van der Waals surface area contributed by atoms with Crippen molar-refractivity contribution < 1.29 is 24.6 Å². The first-order chi connectivity index (χ1) is 18.2. The number of nitrogens with zero attached hydrogens (tertiary/aromatic N) is 3. The van der Waals surface area contributed by atoms with Gasteiger partial charge in [-0.05, 0) is 48.7 Å². The largest absolute Gasteiger partial charge is 0.394 e. The lowest BCUT2D eigenvalue weighted by atomic mass is 9.83. The zero-order chi connectivity index (χ0) is 27.0. The average Bonchev–Trinajstić information content (AvgIpc) is 3.46. The fraction of sp³-hybridized carbons (Fsp3) is 0.414. The Bertz CT molecular complexity index is 1300. The summed E-state index contributed by atoms with van der Waals surface area (Å²) in [6, 6.07) is 12.9. The molecule has 0 bridgehead atoms. The van der Waals surface area contributed by atoms with Crippen LogP contribution < -0.4 is 9.80 Å². The summed E-state index contributed by atoms with van der Waals surface area (Å²) >= 11 is 3.47. The molecular weight excluding hydrogens is 550 g/mol. The zero-order valence-corrected chi connectivity index (χ0v) is 22.9. The van der Waals surface area contributed by atoms with Gasteiger partial charge in [-0.2, -0.15) is 0 Å². The molecule has 0 unspecified atom stereocenters. The number of rotatable bonds is 8. The Morgan fingerprint density at radius 2 is 2.03 bits per heavy atom. The van der Waals surface area contributed by atoms with Gasteiger partial charge >= 0.3 is 0 Å². The van der Waals surface area contributed by atoms with Crippen LogP contribution in [0.4, 0.5) is 11.4 Å². The maximum atomic E-state index is 13.8. The Morgan fingerprint density at radius 1 is 1.21 bits per heavy atom. The molecule has 3 aliphatic heterocycles. The van der Waals surface area contributed by atoms with Gasteiger partial charge in [-0.3, -0.25) is 14.4 Å². The quantitative estimate of drug-likeness (QED) is 0.367. The molecule has 2 saturated heterocycles. The van der Waals surface area contributed by atoms with Crippen LogP contribution in [-0.2, 0) is 26.5 Å². The molecule has 2 fully saturated rings. The third-order valence-corrected chi connectivity index (χ3v) is 8.42. The Balaban J connectivity index is 1.36. The van der Waals surface area contributed by atoms with Gasteiger partial charge < -0.3 is 24.9 Å². The zero-order valence-electron chi connectivity index (χ0n) is 21.3. The van der Waals surface area contributed by atoms with E-state index >= 15 is 0 Å². The van der Waals surface area contributed by atoms with Crippen LogP contribution in [-0.4, -0.2) is 58.6 Å². The molecule has 9 heteroatoms. The first-order valence-corrected chi connectivity index (χ1v) is 13.8. The lowest BCUT2D eigenvalue weighted by Gasteiger charge is -2.31. The van der Waals surface area contributed by atoms with Gasteiger partial charge in [-0.1, -0.05) is 47.1 Å². The van der Waals surface area contributed by atoms with E-state index in [2.05, 4.69) is 15.9 Å². The molecule has 0 aromatic heterocycles. The molecule has 38 heavy (non-hydrogen) atoms. The van der Waals surface area contributed by atoms with Gasteiger partial charge in [0.25, 0.3) is 5.91 Å². The highest BCUT2D eigenvalue weighted by Crippen LogP contribution is 2.47. The summed E-state index contributed by atoms with van der Waals surface area (Å²) in [5.41, 5.74) is 0.996. The highest BCUT2D eigenvalue weighted by Gasteiger charge is 2.52. The lowest BCUT2D eigenvalue weighted by Crippen LogP contribution is -2.44. The fourth-order valence-electron chi connectivity index (χ4n) is 5.65. The second-order valence-electron chi connectivity index (χ2n) is 10.3. The molecule has 0 spiro atoms. The van der Waals surface area contributed by atoms with E-state index in [0.29, 0.717) is 30.8 Å². The van der Waals surface area contributed by atoms with Crippen molar-refractivity contribution in [2.75, 3.05) is 29.5 Å². The summed E-state index contributed by atoms with van der Waals surface area (Å²) in [4.78, 5) is 43.4. The number of benzene rings is 2. The van der Waals surface area contributed by atoms with E-state index in [1.165, 1.54) is 0 Å². The fourth-order valence-corrected chi connectivity index (χ4v) is 6.01. The highest BCUT2D eigenvalue weighted by molar-refractivity contribution is 9.10. The number of hydrogen-bond donors (Lipinski definition) is 2. The summed E-state index contributed by atoms with van der Waals surface area (Å²) in [5, 5.41) is 21.4. The third kappa shape index (κ3) is 4.67. The Kier molecular flexibility index (Phi) is 7.44. The Hall–Kier alpha value is -3.01. The summed E-state index contributed by atoms with van der Waals surface area (Å²) in [5.74, 6) is -1.02. The summed E-state index contributed by atoms with van der Waals surface area (Å²) < 4.78 is 0.748. The number of hydrogen-bond acceptors (Lipinski definition) is 5. The minimum atomic E-state index is -1.80. The van der Waals surface area contributed by atoms with Crippen LogP contribution >= 0.6 is 15.9 Å². The van der Waals surface area contributed by atoms with Gasteiger partial charge in [0.15, 0.2) is 5.60 Å². The monoisotopic (exact) mass is 581 g/mol. The van der Waals surface area contributed by atoms with Crippen molar-refractivity contribution in [1.29, 1.82) is 0 Å². The predicted molar refractivity (Wildman–Crippen MR) is 147 cm³/mol. The van der Waals surface area contributed by atoms with E-state index in [1.807, 2.05) is 36.4 Å². The van der Waals surface area contributed by atoms with E-state index in [1.54, 1.807) is 39.8 Å². The van der Waals surface area contributed by atoms with Crippen molar-refractivity contribution >= 4 is 45.0 Å². The number of aliphatic hydroxyl groups excluding tert-OH is 1. The van der Waals surface area contributed by atoms with Crippen molar-refractivity contribution in [3.05, 3.63) is 70.2 Å². The SMILES string of the molecule is C[C@@H](/C=C/CC(=O)N1CCC[C@H]1CO)[C@]1(O)C(=O)N(Cc2cccc(N3CCC3=O)c2)c2ccc(Br)cc21. The summed E-state index contributed by atoms with van der Waals surface area (Å²) in [7, 11) is 0. The van der Waals surface area contributed by atoms with Crippen LogP contribution in [0.1, 0.15) is 43.7 Å².